The summed E-state index contributed by atoms with van der Waals surface area (Å²) >= 11 is 0. The fraction of sp³-hybridized carbons (Fsp3) is 0.500. The molecule has 1 saturated carbocycles. The zero-order valence-electron chi connectivity index (χ0n) is 13.6. The van der Waals surface area contributed by atoms with E-state index in [0.717, 1.165) is 17.5 Å². The Morgan fingerprint density at radius 3 is 2.62 bits per heavy atom. The zero-order chi connectivity index (χ0) is 16.9. The number of ether oxygens (including phenoxy) is 1. The van der Waals surface area contributed by atoms with Crippen molar-refractivity contribution in [3.63, 3.8) is 0 Å². The van der Waals surface area contributed by atoms with Gasteiger partial charge in [-0.15, -0.1) is 0 Å². The Morgan fingerprint density at radius 2 is 2.00 bits per heavy atom. The van der Waals surface area contributed by atoms with Crippen LogP contribution in [-0.2, 0) is 9.53 Å². The first-order valence-electron chi connectivity index (χ1n) is 8.20. The van der Waals surface area contributed by atoms with Crippen molar-refractivity contribution in [1.29, 1.82) is 0 Å². The number of carbonyl (C=O) groups excluding carboxylic acids is 1. The van der Waals surface area contributed by atoms with Crippen molar-refractivity contribution in [2.75, 3.05) is 5.32 Å². The van der Waals surface area contributed by atoms with Gasteiger partial charge in [0.25, 0.3) is 5.91 Å². The molecule has 1 amide bonds. The second kappa shape index (κ2) is 7.39. The average molecular weight is 331 g/mol. The standard InChI is InChI=1S/C16H21N5O3/c1-11(24-14-5-3-2-4-6-14)15(22)17-12-7-9-13(10-8-12)21-16(23)18-19-20-21/h7-11,14H,2-6H2,1H3,(H,17,22)(H,18,20,23). The van der Waals surface area contributed by atoms with Gasteiger partial charge in [0.05, 0.1) is 11.8 Å². The summed E-state index contributed by atoms with van der Waals surface area (Å²) in [4.78, 5) is 23.7. The van der Waals surface area contributed by atoms with Gasteiger partial charge in [0.15, 0.2) is 0 Å². The maximum atomic E-state index is 12.2. The summed E-state index contributed by atoms with van der Waals surface area (Å²) in [5, 5.41) is 12.1. The molecule has 1 aliphatic carbocycles. The van der Waals surface area contributed by atoms with E-state index in [1.165, 1.54) is 19.3 Å². The first-order valence-corrected chi connectivity index (χ1v) is 8.20. The number of nitrogens with zero attached hydrogens (tertiary/aromatic N) is 3. The molecule has 0 saturated heterocycles. The highest BCUT2D eigenvalue weighted by Crippen LogP contribution is 2.22. The molecule has 0 spiro atoms. The molecule has 8 nitrogen and oxygen atoms in total. The Hall–Kier alpha value is -2.48. The number of hydrogen-bond acceptors (Lipinski definition) is 5. The van der Waals surface area contributed by atoms with Crippen molar-refractivity contribution in [3.05, 3.63) is 34.7 Å². The number of nitrogens with one attached hydrogen (secondary N) is 2. The third kappa shape index (κ3) is 3.88. The van der Waals surface area contributed by atoms with Crippen LogP contribution in [-0.4, -0.2) is 38.3 Å². The van der Waals surface area contributed by atoms with Crippen molar-refractivity contribution in [3.8, 4) is 5.69 Å². The van der Waals surface area contributed by atoms with E-state index < -0.39 is 11.8 Å². The monoisotopic (exact) mass is 331 g/mol. The van der Waals surface area contributed by atoms with E-state index >= 15 is 0 Å². The van der Waals surface area contributed by atoms with Crippen LogP contribution in [0, 0.1) is 0 Å². The summed E-state index contributed by atoms with van der Waals surface area (Å²) in [6.07, 6.45) is 5.33. The number of tetrazole rings is 1. The molecule has 8 heteroatoms. The fourth-order valence-electron chi connectivity index (χ4n) is 2.85. The number of aromatic nitrogens is 4. The van der Waals surface area contributed by atoms with E-state index in [9.17, 15) is 9.59 Å². The number of benzene rings is 1. The number of rotatable bonds is 5. The fourth-order valence-corrected chi connectivity index (χ4v) is 2.85. The maximum absolute atomic E-state index is 12.2. The van der Waals surface area contributed by atoms with Gasteiger partial charge < -0.3 is 10.1 Å². The van der Waals surface area contributed by atoms with Gasteiger partial charge in [-0.2, -0.15) is 4.68 Å². The van der Waals surface area contributed by atoms with Gasteiger partial charge >= 0.3 is 5.69 Å². The quantitative estimate of drug-likeness (QED) is 0.867. The average Bonchev–Trinajstić information content (AvgIpc) is 3.02. The smallest absolute Gasteiger partial charge is 0.365 e. The predicted octanol–water partition coefficient (Wildman–Crippen LogP) is 1.63. The largest absolute Gasteiger partial charge is 0.365 e. The molecule has 1 heterocycles. The number of hydrogen-bond donors (Lipinski definition) is 2. The Kier molecular flexibility index (Phi) is 5.05. The number of carbonyl (C=O) groups is 1. The Morgan fingerprint density at radius 1 is 1.29 bits per heavy atom. The molecule has 0 radical (unpaired) electrons. The van der Waals surface area contributed by atoms with Gasteiger partial charge in [0, 0.05) is 5.69 Å². The third-order valence-corrected chi connectivity index (χ3v) is 4.17. The lowest BCUT2D eigenvalue weighted by Crippen LogP contribution is -2.32. The molecule has 128 valence electrons. The summed E-state index contributed by atoms with van der Waals surface area (Å²) in [5.74, 6) is -0.174. The molecule has 1 atom stereocenters. The number of H-pyrrole nitrogens is 1. The van der Waals surface area contributed by atoms with Crippen LogP contribution in [0.15, 0.2) is 29.1 Å². The van der Waals surface area contributed by atoms with Gasteiger partial charge in [-0.25, -0.2) is 9.89 Å². The molecule has 3 rings (SSSR count). The highest BCUT2D eigenvalue weighted by Gasteiger charge is 2.21. The number of amides is 1. The molecule has 1 aliphatic rings. The first kappa shape index (κ1) is 16.4. The summed E-state index contributed by atoms with van der Waals surface area (Å²) in [6, 6.07) is 6.79. The van der Waals surface area contributed by atoms with Crippen LogP contribution in [0.5, 0.6) is 0 Å². The summed E-state index contributed by atoms with van der Waals surface area (Å²) in [7, 11) is 0. The minimum absolute atomic E-state index is 0.174. The second-order valence-corrected chi connectivity index (χ2v) is 5.99. The van der Waals surface area contributed by atoms with Crippen LogP contribution in [0.2, 0.25) is 0 Å². The van der Waals surface area contributed by atoms with E-state index in [0.29, 0.717) is 11.4 Å². The second-order valence-electron chi connectivity index (χ2n) is 5.99. The summed E-state index contributed by atoms with van der Waals surface area (Å²) < 4.78 is 6.98. The lowest BCUT2D eigenvalue weighted by Gasteiger charge is -2.25. The highest BCUT2D eigenvalue weighted by atomic mass is 16.5. The molecule has 24 heavy (non-hydrogen) atoms. The normalized spacial score (nSPS) is 16.7. The SMILES string of the molecule is CC(OC1CCCCC1)C(=O)Nc1ccc(-n2nn[nH]c2=O)cc1. The van der Waals surface area contributed by atoms with Gasteiger partial charge in [-0.1, -0.05) is 19.3 Å². The van der Waals surface area contributed by atoms with Crippen molar-refractivity contribution in [2.45, 2.75) is 51.2 Å². The van der Waals surface area contributed by atoms with Crippen molar-refractivity contribution < 1.29 is 9.53 Å². The van der Waals surface area contributed by atoms with Gasteiger partial charge in [0.1, 0.15) is 6.10 Å². The molecule has 1 aromatic heterocycles. The van der Waals surface area contributed by atoms with E-state index in [4.69, 9.17) is 4.74 Å². The number of aromatic amines is 1. The van der Waals surface area contributed by atoms with Crippen LogP contribution in [0.4, 0.5) is 5.69 Å². The molecule has 1 fully saturated rings. The summed E-state index contributed by atoms with van der Waals surface area (Å²) in [6.45, 7) is 1.77. The van der Waals surface area contributed by atoms with Gasteiger partial charge in [-0.05, 0) is 54.5 Å². The van der Waals surface area contributed by atoms with E-state index in [1.54, 1.807) is 31.2 Å². The topological polar surface area (TPSA) is 102 Å². The molecule has 2 aromatic rings. The molecule has 1 unspecified atom stereocenters. The van der Waals surface area contributed by atoms with Crippen LogP contribution in [0.1, 0.15) is 39.0 Å². The zero-order valence-corrected chi connectivity index (χ0v) is 13.6. The van der Waals surface area contributed by atoms with Crippen LogP contribution >= 0.6 is 0 Å². The van der Waals surface area contributed by atoms with Crippen LogP contribution in [0.25, 0.3) is 5.69 Å². The van der Waals surface area contributed by atoms with Crippen molar-refractivity contribution in [1.82, 2.24) is 20.2 Å². The molecule has 2 N–H and O–H groups in total. The van der Waals surface area contributed by atoms with Crippen molar-refractivity contribution >= 4 is 11.6 Å². The minimum Gasteiger partial charge on any atom is -0.365 e. The Balaban J connectivity index is 1.58. The van der Waals surface area contributed by atoms with Gasteiger partial charge in [-0.3, -0.25) is 4.79 Å². The third-order valence-electron chi connectivity index (χ3n) is 4.17. The van der Waals surface area contributed by atoms with E-state index in [2.05, 4.69) is 20.8 Å². The minimum atomic E-state index is -0.495. The van der Waals surface area contributed by atoms with E-state index in [-0.39, 0.29) is 12.0 Å². The van der Waals surface area contributed by atoms with Gasteiger partial charge in [0.2, 0.25) is 0 Å². The maximum Gasteiger partial charge on any atom is 0.365 e. The number of anilines is 1. The highest BCUT2D eigenvalue weighted by molar-refractivity contribution is 5.93. The molecule has 0 bridgehead atoms. The van der Waals surface area contributed by atoms with Crippen LogP contribution < -0.4 is 11.0 Å². The molecule has 1 aromatic carbocycles. The molecular weight excluding hydrogens is 310 g/mol. The van der Waals surface area contributed by atoms with E-state index in [1.807, 2.05) is 0 Å². The van der Waals surface area contributed by atoms with Crippen LogP contribution in [0.3, 0.4) is 0 Å². The first-order chi connectivity index (χ1) is 11.6. The Labute approximate surface area is 139 Å². The Bertz CT molecular complexity index is 731. The predicted molar refractivity (Wildman–Crippen MR) is 88.0 cm³/mol. The lowest BCUT2D eigenvalue weighted by atomic mass is 9.97. The van der Waals surface area contributed by atoms with Crippen molar-refractivity contribution in [2.24, 2.45) is 0 Å². The lowest BCUT2D eigenvalue weighted by molar-refractivity contribution is -0.131. The summed E-state index contributed by atoms with van der Waals surface area (Å²) in [5.41, 5.74) is 0.791. The molecule has 0 aliphatic heterocycles. The molecular formula is C16H21N5O3.